The third-order valence-corrected chi connectivity index (χ3v) is 5.05. The highest BCUT2D eigenvalue weighted by molar-refractivity contribution is 6.12. The maximum absolute atomic E-state index is 4.73. The number of rotatable bonds is 0. The number of H-pyrrole nitrogens is 1. The average Bonchev–Trinajstić information content (AvgIpc) is 2.81. The van der Waals surface area contributed by atoms with Gasteiger partial charge >= 0.3 is 0 Å². The van der Waals surface area contributed by atoms with E-state index in [1.807, 2.05) is 0 Å². The van der Waals surface area contributed by atoms with Gasteiger partial charge in [-0.25, -0.2) is 0 Å². The molecule has 0 fully saturated rings. The second-order valence-corrected chi connectivity index (χ2v) is 6.03. The first-order chi connectivity index (χ1) is 9.34. The molecule has 2 heterocycles. The second kappa shape index (κ2) is 4.08. The van der Waals surface area contributed by atoms with E-state index in [4.69, 9.17) is 4.98 Å². The Morgan fingerprint density at radius 2 is 1.10 bits per heavy atom. The third-order valence-electron chi connectivity index (χ3n) is 5.05. The van der Waals surface area contributed by atoms with Gasteiger partial charge in [0.05, 0.1) is 11.0 Å². The van der Waals surface area contributed by atoms with Crippen LogP contribution in [-0.4, -0.2) is 9.97 Å². The van der Waals surface area contributed by atoms with Gasteiger partial charge in [0.25, 0.3) is 0 Å². The van der Waals surface area contributed by atoms with Crippen LogP contribution in [0, 0.1) is 48.5 Å². The Morgan fingerprint density at radius 3 is 1.75 bits per heavy atom. The van der Waals surface area contributed by atoms with Gasteiger partial charge < -0.3 is 4.98 Å². The molecule has 0 unspecified atom stereocenters. The molecular formula is C18H22N2. The number of hydrogen-bond donors (Lipinski definition) is 1. The zero-order valence-corrected chi connectivity index (χ0v) is 13.4. The molecule has 20 heavy (non-hydrogen) atoms. The molecule has 0 aliphatic rings. The zero-order valence-electron chi connectivity index (χ0n) is 13.4. The number of nitrogens with one attached hydrogen (secondary N) is 1. The summed E-state index contributed by atoms with van der Waals surface area (Å²) >= 11 is 0. The largest absolute Gasteiger partial charge is 0.354 e. The molecule has 1 N–H and O–H groups in total. The van der Waals surface area contributed by atoms with Gasteiger partial charge in [0.2, 0.25) is 0 Å². The van der Waals surface area contributed by atoms with Crippen molar-refractivity contribution in [3.8, 4) is 0 Å². The number of benzene rings is 1. The van der Waals surface area contributed by atoms with Crippen molar-refractivity contribution in [1.29, 1.82) is 0 Å². The maximum atomic E-state index is 4.73. The Bertz CT molecular complexity index is 867. The first-order valence-electron chi connectivity index (χ1n) is 7.20. The molecule has 2 aromatic heterocycles. The molecule has 3 rings (SSSR count). The number of hydrogen-bond acceptors (Lipinski definition) is 1. The highest BCUT2D eigenvalue weighted by Gasteiger charge is 2.17. The van der Waals surface area contributed by atoms with E-state index in [0.29, 0.717) is 0 Å². The van der Waals surface area contributed by atoms with Crippen molar-refractivity contribution in [3.63, 3.8) is 0 Å². The van der Waals surface area contributed by atoms with Gasteiger partial charge in [-0.2, -0.15) is 0 Å². The van der Waals surface area contributed by atoms with E-state index in [-0.39, 0.29) is 0 Å². The third kappa shape index (κ3) is 1.48. The summed E-state index contributed by atoms with van der Waals surface area (Å²) in [6.07, 6.45) is 0. The predicted octanol–water partition coefficient (Wildman–Crippen LogP) is 4.88. The topological polar surface area (TPSA) is 28.7 Å². The fourth-order valence-electron chi connectivity index (χ4n) is 3.31. The number of aryl methyl sites for hydroxylation is 5. The first-order valence-corrected chi connectivity index (χ1v) is 7.20. The van der Waals surface area contributed by atoms with Gasteiger partial charge in [-0.1, -0.05) is 0 Å². The number of aromatic amines is 1. The fourth-order valence-corrected chi connectivity index (χ4v) is 3.31. The molecule has 104 valence electrons. The zero-order chi connectivity index (χ0) is 14.8. The standard InChI is InChI=1S/C18H22N2/c1-8-9(2)11(4)17-15(10(8)3)16-14(7)19-13(6)12(5)18(16)20-17/h20H,1-7H3. The Kier molecular flexibility index (Phi) is 2.69. The van der Waals surface area contributed by atoms with Crippen LogP contribution in [0.2, 0.25) is 0 Å². The van der Waals surface area contributed by atoms with E-state index < -0.39 is 0 Å². The molecule has 0 saturated carbocycles. The van der Waals surface area contributed by atoms with E-state index >= 15 is 0 Å². The Balaban J connectivity index is 2.71. The minimum absolute atomic E-state index is 1.12. The molecule has 0 bridgehead atoms. The lowest BCUT2D eigenvalue weighted by molar-refractivity contribution is 1.12. The minimum Gasteiger partial charge on any atom is -0.354 e. The fraction of sp³-hybridized carbons (Fsp3) is 0.389. The number of fused-ring (bicyclic) bond motifs is 3. The highest BCUT2D eigenvalue weighted by Crippen LogP contribution is 2.37. The predicted molar refractivity (Wildman–Crippen MR) is 86.8 cm³/mol. The summed E-state index contributed by atoms with van der Waals surface area (Å²) in [4.78, 5) is 8.39. The summed E-state index contributed by atoms with van der Waals surface area (Å²) in [6, 6.07) is 0. The first kappa shape index (κ1) is 13.2. The van der Waals surface area contributed by atoms with Crippen LogP contribution in [0.15, 0.2) is 0 Å². The van der Waals surface area contributed by atoms with Crippen LogP contribution < -0.4 is 0 Å². The monoisotopic (exact) mass is 266 g/mol. The van der Waals surface area contributed by atoms with Crippen LogP contribution >= 0.6 is 0 Å². The van der Waals surface area contributed by atoms with Crippen LogP contribution in [0.5, 0.6) is 0 Å². The second-order valence-electron chi connectivity index (χ2n) is 6.03. The molecule has 2 nitrogen and oxygen atoms in total. The quantitative estimate of drug-likeness (QED) is 0.617. The molecule has 3 aromatic rings. The van der Waals surface area contributed by atoms with Crippen LogP contribution in [0.4, 0.5) is 0 Å². The van der Waals surface area contributed by atoms with Crippen molar-refractivity contribution >= 4 is 21.8 Å². The summed E-state index contributed by atoms with van der Waals surface area (Å²) in [7, 11) is 0. The van der Waals surface area contributed by atoms with E-state index in [2.05, 4.69) is 53.5 Å². The van der Waals surface area contributed by atoms with Gasteiger partial charge in [0.1, 0.15) is 0 Å². The normalized spacial score (nSPS) is 11.8. The molecule has 1 aromatic carbocycles. The van der Waals surface area contributed by atoms with Crippen molar-refractivity contribution in [2.24, 2.45) is 0 Å². The van der Waals surface area contributed by atoms with Gasteiger partial charge in [0.15, 0.2) is 0 Å². The van der Waals surface area contributed by atoms with Crippen LogP contribution in [-0.2, 0) is 0 Å². The summed E-state index contributed by atoms with van der Waals surface area (Å²) < 4.78 is 0. The Labute approximate surface area is 120 Å². The van der Waals surface area contributed by atoms with Crippen LogP contribution in [0.25, 0.3) is 21.8 Å². The molecule has 0 spiro atoms. The van der Waals surface area contributed by atoms with Crippen molar-refractivity contribution in [2.45, 2.75) is 48.5 Å². The van der Waals surface area contributed by atoms with Crippen molar-refractivity contribution < 1.29 is 0 Å². The lowest BCUT2D eigenvalue weighted by Gasteiger charge is -2.11. The molecule has 0 saturated heterocycles. The summed E-state index contributed by atoms with van der Waals surface area (Å²) in [6.45, 7) is 15.2. The number of nitrogens with zero attached hydrogens (tertiary/aromatic N) is 1. The van der Waals surface area contributed by atoms with E-state index in [1.54, 1.807) is 0 Å². The number of aromatic nitrogens is 2. The molecule has 0 aliphatic heterocycles. The summed E-state index contributed by atoms with van der Waals surface area (Å²) in [5, 5.41) is 2.65. The van der Waals surface area contributed by atoms with E-state index in [0.717, 1.165) is 11.4 Å². The van der Waals surface area contributed by atoms with Crippen molar-refractivity contribution in [1.82, 2.24) is 9.97 Å². The van der Waals surface area contributed by atoms with Crippen LogP contribution in [0.3, 0.4) is 0 Å². The number of pyridine rings is 1. The van der Waals surface area contributed by atoms with Crippen molar-refractivity contribution in [2.75, 3.05) is 0 Å². The summed E-state index contributed by atoms with van der Waals surface area (Å²) in [5.41, 5.74) is 11.6. The minimum atomic E-state index is 1.12. The van der Waals surface area contributed by atoms with Crippen LogP contribution in [0.1, 0.15) is 39.2 Å². The van der Waals surface area contributed by atoms with Gasteiger partial charge in [0, 0.05) is 22.2 Å². The summed E-state index contributed by atoms with van der Waals surface area (Å²) in [5.74, 6) is 0. The lowest BCUT2D eigenvalue weighted by atomic mass is 9.94. The lowest BCUT2D eigenvalue weighted by Crippen LogP contribution is -1.94. The molecular weight excluding hydrogens is 244 g/mol. The average molecular weight is 266 g/mol. The molecule has 0 radical (unpaired) electrons. The molecule has 2 heteroatoms. The van der Waals surface area contributed by atoms with Gasteiger partial charge in [-0.15, -0.1) is 0 Å². The highest BCUT2D eigenvalue weighted by atomic mass is 14.8. The molecule has 0 aliphatic carbocycles. The van der Waals surface area contributed by atoms with Gasteiger partial charge in [-0.3, -0.25) is 4.98 Å². The van der Waals surface area contributed by atoms with Crippen molar-refractivity contribution in [3.05, 3.63) is 39.2 Å². The van der Waals surface area contributed by atoms with E-state index in [9.17, 15) is 0 Å². The smallest absolute Gasteiger partial charge is 0.0531 e. The molecule has 0 amide bonds. The maximum Gasteiger partial charge on any atom is 0.0531 e. The molecule has 0 atom stereocenters. The Hall–Kier alpha value is -1.83. The van der Waals surface area contributed by atoms with Gasteiger partial charge in [-0.05, 0) is 76.3 Å². The SMILES string of the molecule is Cc1nc(C)c2c([nH]c3c(C)c(C)c(C)c(C)c32)c1C. The van der Waals surface area contributed by atoms with E-state index in [1.165, 1.54) is 49.6 Å². The Morgan fingerprint density at radius 1 is 0.550 bits per heavy atom.